The molecule has 0 radical (unpaired) electrons. The first-order valence-electron chi connectivity index (χ1n) is 9.02. The van der Waals surface area contributed by atoms with Gasteiger partial charge in [-0.3, -0.25) is 28.1 Å². The number of nitrogens with zero attached hydrogens (tertiary/aromatic N) is 6. The number of hydrogen-bond donors (Lipinski definition) is 0. The number of hydrogen-bond acceptors (Lipinski definition) is 8. The molecule has 0 spiro atoms. The smallest absolute Gasteiger partial charge is 0.271 e. The van der Waals surface area contributed by atoms with Crippen LogP contribution in [0.5, 0.6) is 0 Å². The van der Waals surface area contributed by atoms with E-state index >= 15 is 0 Å². The van der Waals surface area contributed by atoms with Crippen LogP contribution in [0.25, 0.3) is 9.92 Å². The Morgan fingerprint density at radius 3 is 2.52 bits per heavy atom. The molecule has 1 amide bonds. The SMILES string of the molecule is O=C(c1cnc2sccn2c1=O)N1CCN(Cc2cc(=O)n3ccsc3n2)CC1. The monoisotopic (exact) mass is 428 g/mol. The highest BCUT2D eigenvalue weighted by Crippen LogP contribution is 2.12. The third kappa shape index (κ3) is 3.26. The van der Waals surface area contributed by atoms with Gasteiger partial charge in [-0.25, -0.2) is 9.97 Å². The maximum Gasteiger partial charge on any atom is 0.271 e. The Balaban J connectivity index is 1.28. The fourth-order valence-electron chi connectivity index (χ4n) is 3.45. The molecule has 1 aliphatic heterocycles. The fourth-order valence-corrected chi connectivity index (χ4v) is 4.86. The lowest BCUT2D eigenvalue weighted by Gasteiger charge is -2.34. The molecule has 9 nitrogen and oxygen atoms in total. The van der Waals surface area contributed by atoms with Gasteiger partial charge in [-0.05, 0) is 0 Å². The first kappa shape index (κ1) is 18.2. The summed E-state index contributed by atoms with van der Waals surface area (Å²) in [7, 11) is 0. The summed E-state index contributed by atoms with van der Waals surface area (Å²) in [4.78, 5) is 51.3. The quantitative estimate of drug-likeness (QED) is 0.479. The summed E-state index contributed by atoms with van der Waals surface area (Å²) in [5, 5.41) is 3.60. The molecule has 1 aliphatic rings. The Morgan fingerprint density at radius 1 is 1.00 bits per heavy atom. The Bertz CT molecular complexity index is 1330. The van der Waals surface area contributed by atoms with Gasteiger partial charge in [-0.1, -0.05) is 0 Å². The van der Waals surface area contributed by atoms with Crippen molar-refractivity contribution in [2.24, 2.45) is 0 Å². The minimum atomic E-state index is -0.336. The van der Waals surface area contributed by atoms with Crippen molar-refractivity contribution in [3.05, 3.63) is 67.4 Å². The second kappa shape index (κ2) is 7.17. The Kier molecular flexibility index (Phi) is 4.49. The first-order chi connectivity index (χ1) is 14.1. The molecule has 0 aliphatic carbocycles. The minimum Gasteiger partial charge on any atom is -0.336 e. The van der Waals surface area contributed by atoms with Gasteiger partial charge < -0.3 is 4.90 Å². The molecule has 11 heteroatoms. The largest absolute Gasteiger partial charge is 0.336 e. The maximum absolute atomic E-state index is 12.8. The van der Waals surface area contributed by atoms with E-state index in [9.17, 15) is 14.4 Å². The second-order valence-electron chi connectivity index (χ2n) is 6.74. The molecule has 1 fully saturated rings. The number of rotatable bonds is 3. The van der Waals surface area contributed by atoms with Crippen molar-refractivity contribution in [3.8, 4) is 0 Å². The van der Waals surface area contributed by atoms with Crippen LogP contribution in [-0.4, -0.2) is 60.7 Å². The van der Waals surface area contributed by atoms with Crippen LogP contribution in [0, 0.1) is 0 Å². The van der Waals surface area contributed by atoms with E-state index in [0.29, 0.717) is 42.6 Å². The van der Waals surface area contributed by atoms with Crippen LogP contribution in [0.1, 0.15) is 16.1 Å². The highest BCUT2D eigenvalue weighted by molar-refractivity contribution is 7.15. The van der Waals surface area contributed by atoms with E-state index in [1.165, 1.54) is 37.7 Å². The summed E-state index contributed by atoms with van der Waals surface area (Å²) >= 11 is 2.78. The molecule has 5 rings (SSSR count). The van der Waals surface area contributed by atoms with E-state index in [1.54, 1.807) is 28.7 Å². The number of carbonyl (C=O) groups is 1. The maximum atomic E-state index is 12.8. The average Bonchev–Trinajstić information content (AvgIpc) is 3.38. The lowest BCUT2D eigenvalue weighted by atomic mass is 10.2. The van der Waals surface area contributed by atoms with E-state index in [2.05, 4.69) is 14.9 Å². The number of piperazine rings is 1. The van der Waals surface area contributed by atoms with Gasteiger partial charge in [0.15, 0.2) is 9.92 Å². The summed E-state index contributed by atoms with van der Waals surface area (Å²) in [6.45, 7) is 2.85. The molecule has 0 bridgehead atoms. The van der Waals surface area contributed by atoms with Crippen LogP contribution >= 0.6 is 22.7 Å². The summed E-state index contributed by atoms with van der Waals surface area (Å²) in [5.41, 5.74) is 0.393. The second-order valence-corrected chi connectivity index (χ2v) is 8.49. The van der Waals surface area contributed by atoms with Crippen molar-refractivity contribution in [2.45, 2.75) is 6.54 Å². The predicted octanol–water partition coefficient (Wildman–Crippen LogP) is 0.783. The topological polar surface area (TPSA) is 92.3 Å². The summed E-state index contributed by atoms with van der Waals surface area (Å²) in [6.07, 6.45) is 4.72. The molecule has 0 saturated carbocycles. The predicted molar refractivity (Wildman–Crippen MR) is 110 cm³/mol. The number of fused-ring (bicyclic) bond motifs is 2. The lowest BCUT2D eigenvalue weighted by molar-refractivity contribution is 0.0625. The van der Waals surface area contributed by atoms with Crippen LogP contribution < -0.4 is 11.1 Å². The van der Waals surface area contributed by atoms with Crippen LogP contribution in [-0.2, 0) is 6.54 Å². The third-order valence-electron chi connectivity index (χ3n) is 4.97. The van der Waals surface area contributed by atoms with Crippen LogP contribution in [0.4, 0.5) is 0 Å². The van der Waals surface area contributed by atoms with Crippen molar-refractivity contribution in [2.75, 3.05) is 26.2 Å². The first-order valence-corrected chi connectivity index (χ1v) is 10.8. The molecule has 1 saturated heterocycles. The molecule has 4 aromatic rings. The summed E-state index contributed by atoms with van der Waals surface area (Å²) < 4.78 is 2.93. The van der Waals surface area contributed by atoms with Gasteiger partial charge in [0.1, 0.15) is 5.56 Å². The zero-order valence-electron chi connectivity index (χ0n) is 15.2. The number of aromatic nitrogens is 4. The Hall–Kier alpha value is -2.89. The van der Waals surface area contributed by atoms with Gasteiger partial charge in [0.25, 0.3) is 17.0 Å². The zero-order valence-corrected chi connectivity index (χ0v) is 16.9. The summed E-state index contributed by atoms with van der Waals surface area (Å²) in [6, 6.07) is 1.56. The average molecular weight is 428 g/mol. The number of thiazole rings is 2. The van der Waals surface area contributed by atoms with Crippen molar-refractivity contribution < 1.29 is 4.79 Å². The van der Waals surface area contributed by atoms with Crippen LogP contribution in [0.15, 0.2) is 45.0 Å². The standard InChI is InChI=1S/C18H16N6O3S2/c25-14-9-12(20-18-23(14)5-7-29-18)11-21-1-3-22(4-2-21)15(26)13-10-19-17-24(16(13)27)6-8-28-17/h5-10H,1-4,11H2. The number of carbonyl (C=O) groups excluding carboxylic acids is 1. The van der Waals surface area contributed by atoms with Crippen molar-refractivity contribution >= 4 is 38.5 Å². The van der Waals surface area contributed by atoms with Gasteiger partial charge in [0.05, 0.1) is 5.69 Å². The van der Waals surface area contributed by atoms with Gasteiger partial charge >= 0.3 is 0 Å². The van der Waals surface area contributed by atoms with Crippen LogP contribution in [0.2, 0.25) is 0 Å². The molecule has 0 atom stereocenters. The van der Waals surface area contributed by atoms with Gasteiger partial charge in [0.2, 0.25) is 0 Å². The zero-order chi connectivity index (χ0) is 20.0. The van der Waals surface area contributed by atoms with Crippen molar-refractivity contribution in [3.63, 3.8) is 0 Å². The number of amides is 1. The highest BCUT2D eigenvalue weighted by atomic mass is 32.1. The molecule has 0 N–H and O–H groups in total. The molecule has 0 aromatic carbocycles. The molecule has 4 aromatic heterocycles. The van der Waals surface area contributed by atoms with Gasteiger partial charge in [-0.2, -0.15) is 0 Å². The Morgan fingerprint density at radius 2 is 1.72 bits per heavy atom. The fraction of sp³-hybridized carbons (Fsp3) is 0.278. The van der Waals surface area contributed by atoms with Gasteiger partial charge in [-0.15, -0.1) is 22.7 Å². The van der Waals surface area contributed by atoms with E-state index in [4.69, 9.17) is 0 Å². The van der Waals surface area contributed by atoms with E-state index in [-0.39, 0.29) is 22.6 Å². The summed E-state index contributed by atoms with van der Waals surface area (Å²) in [5.74, 6) is -0.292. The lowest BCUT2D eigenvalue weighted by Crippen LogP contribution is -2.49. The molecule has 5 heterocycles. The van der Waals surface area contributed by atoms with Gasteiger partial charge in [0, 0.05) is 68.1 Å². The molecule has 0 unspecified atom stereocenters. The molecular weight excluding hydrogens is 412 g/mol. The molecule has 148 valence electrons. The third-order valence-corrected chi connectivity index (χ3v) is 6.50. The Labute approximate surface area is 172 Å². The van der Waals surface area contributed by atoms with E-state index in [1.807, 2.05) is 5.38 Å². The van der Waals surface area contributed by atoms with Crippen LogP contribution in [0.3, 0.4) is 0 Å². The molecule has 29 heavy (non-hydrogen) atoms. The highest BCUT2D eigenvalue weighted by Gasteiger charge is 2.25. The van der Waals surface area contributed by atoms with E-state index < -0.39 is 0 Å². The normalized spacial score (nSPS) is 15.4. The van der Waals surface area contributed by atoms with Crippen molar-refractivity contribution in [1.29, 1.82) is 0 Å². The minimum absolute atomic E-state index is 0.0862. The van der Waals surface area contributed by atoms with Crippen molar-refractivity contribution in [1.82, 2.24) is 28.6 Å². The molecular formula is C18H16N6O3S2. The van der Waals surface area contributed by atoms with E-state index in [0.717, 1.165) is 5.69 Å².